The van der Waals surface area contributed by atoms with Gasteiger partial charge in [0, 0.05) is 6.04 Å². The standard InChI is InChI=1S/C14H17N3S/c15-10-11-6-4-5-9-13(11)17-14(18)16-12-7-2-1-3-8-12/h4-6,9,12H,1-3,7-8H2,(H2,16,17,18). The van der Waals surface area contributed by atoms with Crippen molar-refractivity contribution >= 4 is 23.0 Å². The number of para-hydroxylation sites is 1. The van der Waals surface area contributed by atoms with Crippen LogP contribution in [0.5, 0.6) is 0 Å². The lowest BCUT2D eigenvalue weighted by atomic mass is 9.96. The summed E-state index contributed by atoms with van der Waals surface area (Å²) in [6.45, 7) is 0. The van der Waals surface area contributed by atoms with E-state index in [1.165, 1.54) is 32.1 Å². The summed E-state index contributed by atoms with van der Waals surface area (Å²) in [6.07, 6.45) is 6.24. The van der Waals surface area contributed by atoms with Crippen molar-refractivity contribution in [3.8, 4) is 6.07 Å². The van der Waals surface area contributed by atoms with E-state index in [0.29, 0.717) is 16.7 Å². The third-order valence-electron chi connectivity index (χ3n) is 3.24. The first kappa shape index (κ1) is 12.8. The van der Waals surface area contributed by atoms with Crippen molar-refractivity contribution < 1.29 is 0 Å². The number of hydrogen-bond donors (Lipinski definition) is 2. The molecule has 1 aliphatic rings. The number of nitriles is 1. The van der Waals surface area contributed by atoms with Crippen LogP contribution in [0.3, 0.4) is 0 Å². The van der Waals surface area contributed by atoms with E-state index >= 15 is 0 Å². The number of thiocarbonyl (C=S) groups is 1. The molecule has 0 unspecified atom stereocenters. The minimum absolute atomic E-state index is 0.480. The number of nitrogens with zero attached hydrogens (tertiary/aromatic N) is 1. The third kappa shape index (κ3) is 3.44. The Morgan fingerprint density at radius 1 is 1.22 bits per heavy atom. The maximum Gasteiger partial charge on any atom is 0.171 e. The molecule has 1 fully saturated rings. The molecule has 0 bridgehead atoms. The van der Waals surface area contributed by atoms with Gasteiger partial charge in [0.1, 0.15) is 6.07 Å². The van der Waals surface area contributed by atoms with Crippen LogP contribution >= 0.6 is 12.2 Å². The molecule has 0 atom stereocenters. The van der Waals surface area contributed by atoms with Crippen molar-refractivity contribution in [3.05, 3.63) is 29.8 Å². The minimum Gasteiger partial charge on any atom is -0.360 e. The fourth-order valence-corrected chi connectivity index (χ4v) is 2.56. The molecule has 0 radical (unpaired) electrons. The molecule has 2 rings (SSSR count). The Hall–Kier alpha value is -1.60. The average molecular weight is 259 g/mol. The summed E-state index contributed by atoms with van der Waals surface area (Å²) in [5.74, 6) is 0. The fraction of sp³-hybridized carbons (Fsp3) is 0.429. The zero-order chi connectivity index (χ0) is 12.8. The summed E-state index contributed by atoms with van der Waals surface area (Å²) in [5, 5.41) is 16.1. The Kier molecular flexibility index (Phi) is 4.54. The van der Waals surface area contributed by atoms with Gasteiger partial charge < -0.3 is 10.6 Å². The molecule has 1 aromatic carbocycles. The van der Waals surface area contributed by atoms with E-state index in [9.17, 15) is 0 Å². The molecule has 3 nitrogen and oxygen atoms in total. The molecule has 1 saturated carbocycles. The van der Waals surface area contributed by atoms with E-state index in [1.807, 2.05) is 18.2 Å². The maximum absolute atomic E-state index is 9.00. The summed E-state index contributed by atoms with van der Waals surface area (Å²) in [5.41, 5.74) is 1.39. The molecule has 0 heterocycles. The Morgan fingerprint density at radius 3 is 2.67 bits per heavy atom. The average Bonchev–Trinajstić information content (AvgIpc) is 2.40. The molecule has 1 aromatic rings. The summed E-state index contributed by atoms with van der Waals surface area (Å²) in [7, 11) is 0. The first-order valence-electron chi connectivity index (χ1n) is 6.36. The first-order valence-corrected chi connectivity index (χ1v) is 6.77. The van der Waals surface area contributed by atoms with Crippen LogP contribution in [0.25, 0.3) is 0 Å². The van der Waals surface area contributed by atoms with Gasteiger partial charge in [-0.25, -0.2) is 0 Å². The number of benzene rings is 1. The summed E-state index contributed by atoms with van der Waals surface area (Å²) < 4.78 is 0. The second kappa shape index (κ2) is 6.36. The van der Waals surface area contributed by atoms with E-state index in [2.05, 4.69) is 16.7 Å². The predicted molar refractivity (Wildman–Crippen MR) is 77.4 cm³/mol. The molecule has 4 heteroatoms. The van der Waals surface area contributed by atoms with Crippen molar-refractivity contribution in [2.75, 3.05) is 5.32 Å². The largest absolute Gasteiger partial charge is 0.360 e. The zero-order valence-electron chi connectivity index (χ0n) is 10.3. The van der Waals surface area contributed by atoms with Gasteiger partial charge in [0.25, 0.3) is 0 Å². The highest BCUT2D eigenvalue weighted by Gasteiger charge is 2.14. The molecular formula is C14H17N3S. The van der Waals surface area contributed by atoms with Crippen LogP contribution in [0.2, 0.25) is 0 Å². The lowest BCUT2D eigenvalue weighted by Crippen LogP contribution is -2.38. The van der Waals surface area contributed by atoms with Crippen molar-refractivity contribution in [1.82, 2.24) is 5.32 Å². The zero-order valence-corrected chi connectivity index (χ0v) is 11.1. The van der Waals surface area contributed by atoms with Gasteiger partial charge in [0.15, 0.2) is 5.11 Å². The summed E-state index contributed by atoms with van der Waals surface area (Å²) >= 11 is 5.29. The molecule has 0 saturated heterocycles. The van der Waals surface area contributed by atoms with Crippen molar-refractivity contribution in [3.63, 3.8) is 0 Å². The van der Waals surface area contributed by atoms with Crippen LogP contribution in [0.15, 0.2) is 24.3 Å². The molecule has 0 spiro atoms. The molecule has 0 aromatic heterocycles. The van der Waals surface area contributed by atoms with E-state index in [1.54, 1.807) is 6.07 Å². The molecule has 0 amide bonds. The highest BCUT2D eigenvalue weighted by atomic mass is 32.1. The Bertz CT molecular complexity index is 458. The topological polar surface area (TPSA) is 47.9 Å². The quantitative estimate of drug-likeness (QED) is 0.801. The van der Waals surface area contributed by atoms with Crippen LogP contribution in [0.4, 0.5) is 5.69 Å². The van der Waals surface area contributed by atoms with Gasteiger partial charge in [0.05, 0.1) is 11.3 Å². The van der Waals surface area contributed by atoms with Crippen LogP contribution in [0.1, 0.15) is 37.7 Å². The van der Waals surface area contributed by atoms with Gasteiger partial charge in [-0.2, -0.15) is 5.26 Å². The maximum atomic E-state index is 9.00. The van der Waals surface area contributed by atoms with Crippen molar-refractivity contribution in [2.24, 2.45) is 0 Å². The number of nitrogens with one attached hydrogen (secondary N) is 2. The number of hydrogen-bond acceptors (Lipinski definition) is 2. The predicted octanol–water partition coefficient (Wildman–Crippen LogP) is 3.18. The minimum atomic E-state index is 0.480. The van der Waals surface area contributed by atoms with Gasteiger partial charge in [-0.15, -0.1) is 0 Å². The monoisotopic (exact) mass is 259 g/mol. The summed E-state index contributed by atoms with van der Waals surface area (Å²) in [4.78, 5) is 0. The number of rotatable bonds is 2. The second-order valence-electron chi connectivity index (χ2n) is 4.59. The smallest absolute Gasteiger partial charge is 0.171 e. The van der Waals surface area contributed by atoms with E-state index in [-0.39, 0.29) is 0 Å². The van der Waals surface area contributed by atoms with Crippen LogP contribution in [-0.4, -0.2) is 11.2 Å². The van der Waals surface area contributed by atoms with Gasteiger partial charge >= 0.3 is 0 Å². The Balaban J connectivity index is 1.92. The third-order valence-corrected chi connectivity index (χ3v) is 3.46. The van der Waals surface area contributed by atoms with Gasteiger partial charge in [-0.05, 0) is 37.2 Å². The molecule has 18 heavy (non-hydrogen) atoms. The highest BCUT2D eigenvalue weighted by Crippen LogP contribution is 2.18. The highest BCUT2D eigenvalue weighted by molar-refractivity contribution is 7.80. The Labute approximate surface area is 113 Å². The molecule has 1 aliphatic carbocycles. The summed E-state index contributed by atoms with van der Waals surface area (Å²) in [6, 6.07) is 10.0. The molecule has 0 aliphatic heterocycles. The van der Waals surface area contributed by atoms with E-state index < -0.39 is 0 Å². The normalized spacial score (nSPS) is 15.7. The van der Waals surface area contributed by atoms with Crippen LogP contribution in [-0.2, 0) is 0 Å². The van der Waals surface area contributed by atoms with E-state index in [4.69, 9.17) is 17.5 Å². The van der Waals surface area contributed by atoms with Gasteiger partial charge in [0.2, 0.25) is 0 Å². The van der Waals surface area contributed by atoms with E-state index in [0.717, 1.165) is 5.69 Å². The van der Waals surface area contributed by atoms with Crippen molar-refractivity contribution in [2.45, 2.75) is 38.1 Å². The Morgan fingerprint density at radius 2 is 1.94 bits per heavy atom. The van der Waals surface area contributed by atoms with Gasteiger partial charge in [-0.1, -0.05) is 31.4 Å². The number of anilines is 1. The van der Waals surface area contributed by atoms with Gasteiger partial charge in [-0.3, -0.25) is 0 Å². The fourth-order valence-electron chi connectivity index (χ4n) is 2.28. The molecule has 2 N–H and O–H groups in total. The first-order chi connectivity index (χ1) is 8.79. The molecule has 94 valence electrons. The SMILES string of the molecule is N#Cc1ccccc1NC(=S)NC1CCCCC1. The second-order valence-corrected chi connectivity index (χ2v) is 5.00. The molecular weight excluding hydrogens is 242 g/mol. The van der Waals surface area contributed by atoms with Crippen LogP contribution in [0, 0.1) is 11.3 Å². The van der Waals surface area contributed by atoms with Crippen LogP contribution < -0.4 is 10.6 Å². The van der Waals surface area contributed by atoms with Crippen molar-refractivity contribution in [1.29, 1.82) is 5.26 Å². The lowest BCUT2D eigenvalue weighted by Gasteiger charge is -2.24. The lowest BCUT2D eigenvalue weighted by molar-refractivity contribution is 0.415.